The summed E-state index contributed by atoms with van der Waals surface area (Å²) in [7, 11) is 0. The van der Waals surface area contributed by atoms with E-state index in [-0.39, 0.29) is 10.8 Å². The van der Waals surface area contributed by atoms with E-state index < -0.39 is 0 Å². The van der Waals surface area contributed by atoms with E-state index in [1.807, 2.05) is 0 Å². The van der Waals surface area contributed by atoms with Crippen molar-refractivity contribution < 1.29 is 4.74 Å². The highest BCUT2D eigenvalue weighted by atomic mass is 16.5. The molecule has 8 aromatic rings. The number of rotatable bonds is 6. The number of fused-ring (bicyclic) bond motifs is 10. The first-order valence-electron chi connectivity index (χ1n) is 18.9. The normalized spacial score (nSPS) is 14.5. The maximum absolute atomic E-state index is 6.99. The minimum absolute atomic E-state index is 0.162. The van der Waals surface area contributed by atoms with Crippen molar-refractivity contribution in [2.45, 2.75) is 51.6 Å². The van der Waals surface area contributed by atoms with E-state index in [4.69, 9.17) is 4.74 Å². The van der Waals surface area contributed by atoms with Gasteiger partial charge in [0.05, 0.1) is 0 Å². The number of hydrogen-bond acceptors (Lipinski definition) is 1. The van der Waals surface area contributed by atoms with Gasteiger partial charge in [-0.2, -0.15) is 0 Å². The number of ether oxygens (including phenoxy) is 1. The molecule has 0 atom stereocenters. The monoisotopic (exact) mass is 682 g/mol. The first-order chi connectivity index (χ1) is 25.8. The van der Waals surface area contributed by atoms with Crippen molar-refractivity contribution in [2.75, 3.05) is 0 Å². The zero-order valence-electron chi connectivity index (χ0n) is 30.8. The standard InChI is InChI=1S/C52H42O/c1-51(2)44-25-23-35-19-11-13-21-38(35)49(44)42-28-37(27-33-15-7-5-8-16-33)40(29-46(42)51)41-30-47-43(31-48(41)53-32-34-17-9-6-10-18-34)50-39-22-14-12-20-36(39)24-26-45(50)52(47,3)4/h5-26,28-31H,27,32H2,1-4H3. The Bertz CT molecular complexity index is 2730. The Morgan fingerprint density at radius 2 is 0.906 bits per heavy atom. The Hall–Kier alpha value is -5.92. The SMILES string of the molecule is CC1(C)c2cc(-c3cc4c(cc3OCc3ccccc3)-c3c(ccc5ccccc35)C4(C)C)c(Cc3ccccc3)cc2-c2c1ccc1ccccc21. The van der Waals surface area contributed by atoms with Crippen LogP contribution >= 0.6 is 0 Å². The van der Waals surface area contributed by atoms with Crippen LogP contribution in [-0.4, -0.2) is 0 Å². The molecule has 1 nitrogen and oxygen atoms in total. The highest BCUT2D eigenvalue weighted by molar-refractivity contribution is 6.05. The molecular weight excluding hydrogens is 641 g/mol. The van der Waals surface area contributed by atoms with Crippen molar-refractivity contribution >= 4 is 21.5 Å². The Balaban J connectivity index is 1.25. The number of benzene rings is 8. The second-order valence-electron chi connectivity index (χ2n) is 16.1. The van der Waals surface area contributed by atoms with Crippen molar-refractivity contribution in [3.8, 4) is 39.1 Å². The van der Waals surface area contributed by atoms with Gasteiger partial charge in [0.2, 0.25) is 0 Å². The topological polar surface area (TPSA) is 9.23 Å². The molecule has 1 heteroatoms. The molecule has 8 aromatic carbocycles. The summed E-state index contributed by atoms with van der Waals surface area (Å²) in [4.78, 5) is 0. The molecule has 0 aromatic heterocycles. The molecule has 256 valence electrons. The summed E-state index contributed by atoms with van der Waals surface area (Å²) in [5.41, 5.74) is 16.7. The molecule has 0 fully saturated rings. The van der Waals surface area contributed by atoms with Gasteiger partial charge < -0.3 is 4.74 Å². The van der Waals surface area contributed by atoms with E-state index in [2.05, 4.69) is 185 Å². The molecule has 10 rings (SSSR count). The van der Waals surface area contributed by atoms with Crippen molar-refractivity contribution in [1.82, 2.24) is 0 Å². The maximum Gasteiger partial charge on any atom is 0.128 e. The highest BCUT2D eigenvalue weighted by Gasteiger charge is 2.40. The van der Waals surface area contributed by atoms with E-state index >= 15 is 0 Å². The van der Waals surface area contributed by atoms with Gasteiger partial charge in [-0.15, -0.1) is 0 Å². The predicted octanol–water partition coefficient (Wildman–Crippen LogP) is 13.4. The first-order valence-corrected chi connectivity index (χ1v) is 18.9. The largest absolute Gasteiger partial charge is 0.488 e. The summed E-state index contributed by atoms with van der Waals surface area (Å²) in [6.07, 6.45) is 0.827. The first kappa shape index (κ1) is 31.8. The van der Waals surface area contributed by atoms with Gasteiger partial charge in [0.15, 0.2) is 0 Å². The van der Waals surface area contributed by atoms with Crippen molar-refractivity contribution in [3.63, 3.8) is 0 Å². The third-order valence-electron chi connectivity index (χ3n) is 12.2. The summed E-state index contributed by atoms with van der Waals surface area (Å²) in [6, 6.07) is 58.3. The van der Waals surface area contributed by atoms with Crippen molar-refractivity contribution in [3.05, 3.63) is 197 Å². The van der Waals surface area contributed by atoms with Crippen LogP contribution in [0, 0.1) is 0 Å². The fraction of sp³-hybridized carbons (Fsp3) is 0.154. The molecule has 2 aliphatic rings. The zero-order valence-corrected chi connectivity index (χ0v) is 30.8. The average Bonchev–Trinajstić information content (AvgIpc) is 3.55. The fourth-order valence-electron chi connectivity index (χ4n) is 9.41. The second-order valence-corrected chi connectivity index (χ2v) is 16.1. The molecule has 0 N–H and O–H groups in total. The van der Waals surface area contributed by atoms with E-state index in [0.29, 0.717) is 6.61 Å². The molecule has 53 heavy (non-hydrogen) atoms. The van der Waals surface area contributed by atoms with Gasteiger partial charge in [0, 0.05) is 16.4 Å². The Morgan fingerprint density at radius 1 is 0.415 bits per heavy atom. The molecule has 0 spiro atoms. The molecule has 0 amide bonds. The number of hydrogen-bond donors (Lipinski definition) is 0. The molecule has 0 heterocycles. The van der Waals surface area contributed by atoms with Gasteiger partial charge in [0.1, 0.15) is 12.4 Å². The summed E-state index contributed by atoms with van der Waals surface area (Å²) < 4.78 is 6.99. The molecule has 0 saturated carbocycles. The van der Waals surface area contributed by atoms with Crippen LogP contribution in [0.3, 0.4) is 0 Å². The predicted molar refractivity (Wildman–Crippen MR) is 222 cm³/mol. The fourth-order valence-corrected chi connectivity index (χ4v) is 9.41. The lowest BCUT2D eigenvalue weighted by molar-refractivity contribution is 0.307. The summed E-state index contributed by atoms with van der Waals surface area (Å²) >= 11 is 0. The van der Waals surface area contributed by atoms with Gasteiger partial charge in [-0.3, -0.25) is 0 Å². The minimum atomic E-state index is -0.174. The minimum Gasteiger partial charge on any atom is -0.488 e. The van der Waals surface area contributed by atoms with E-state index in [1.54, 1.807) is 0 Å². The van der Waals surface area contributed by atoms with Crippen molar-refractivity contribution in [1.29, 1.82) is 0 Å². The maximum atomic E-state index is 6.99. The second kappa shape index (κ2) is 11.8. The highest BCUT2D eigenvalue weighted by Crippen LogP contribution is 2.57. The lowest BCUT2D eigenvalue weighted by atomic mass is 9.79. The van der Waals surface area contributed by atoms with E-state index in [0.717, 1.165) is 23.3 Å². The molecule has 0 bridgehead atoms. The van der Waals surface area contributed by atoms with Crippen LogP contribution in [-0.2, 0) is 23.9 Å². The van der Waals surface area contributed by atoms with Crippen LogP contribution in [0.15, 0.2) is 158 Å². The summed E-state index contributed by atoms with van der Waals surface area (Å²) in [5.74, 6) is 0.928. The quantitative estimate of drug-likeness (QED) is 0.170. The summed E-state index contributed by atoms with van der Waals surface area (Å²) in [5, 5.41) is 5.18. The third-order valence-corrected chi connectivity index (χ3v) is 12.2. The molecule has 0 aliphatic heterocycles. The van der Waals surface area contributed by atoms with Crippen LogP contribution in [0.25, 0.3) is 54.9 Å². The molecule has 0 radical (unpaired) electrons. The Kier molecular flexibility index (Phi) is 7.08. The van der Waals surface area contributed by atoms with Gasteiger partial charge in [0.25, 0.3) is 0 Å². The molecule has 0 unspecified atom stereocenters. The van der Waals surface area contributed by atoms with Crippen LogP contribution < -0.4 is 4.74 Å². The molecular formula is C52H42O. The average molecular weight is 683 g/mol. The third kappa shape index (κ3) is 4.91. The molecule has 0 saturated heterocycles. The molecule has 2 aliphatic carbocycles. The van der Waals surface area contributed by atoms with Gasteiger partial charge >= 0.3 is 0 Å². The van der Waals surface area contributed by atoms with Crippen LogP contribution in [0.4, 0.5) is 0 Å². The Labute approximate surface area is 312 Å². The van der Waals surface area contributed by atoms with Crippen LogP contribution in [0.1, 0.15) is 66.6 Å². The van der Waals surface area contributed by atoms with Gasteiger partial charge in [-0.1, -0.05) is 161 Å². The van der Waals surface area contributed by atoms with Crippen molar-refractivity contribution in [2.24, 2.45) is 0 Å². The van der Waals surface area contributed by atoms with Crippen LogP contribution in [0.2, 0.25) is 0 Å². The van der Waals surface area contributed by atoms with Gasteiger partial charge in [-0.05, 0) is 119 Å². The lowest BCUT2D eigenvalue weighted by Gasteiger charge is -2.26. The Morgan fingerprint density at radius 3 is 1.49 bits per heavy atom. The van der Waals surface area contributed by atoms with E-state index in [9.17, 15) is 0 Å². The smallest absolute Gasteiger partial charge is 0.128 e. The van der Waals surface area contributed by atoms with Gasteiger partial charge in [-0.25, -0.2) is 0 Å². The van der Waals surface area contributed by atoms with E-state index in [1.165, 1.54) is 82.7 Å². The van der Waals surface area contributed by atoms with Crippen LogP contribution in [0.5, 0.6) is 5.75 Å². The summed E-state index contributed by atoms with van der Waals surface area (Å²) in [6.45, 7) is 10.1. The lowest BCUT2D eigenvalue weighted by Crippen LogP contribution is -2.16. The zero-order chi connectivity index (χ0) is 35.9.